The number of rotatable bonds is 4. The van der Waals surface area contributed by atoms with Crippen molar-refractivity contribution in [2.75, 3.05) is 13.1 Å². The highest BCUT2D eigenvalue weighted by Gasteiger charge is 2.28. The van der Waals surface area contributed by atoms with Gasteiger partial charge in [0.15, 0.2) is 0 Å². The molecule has 2 aromatic carbocycles. The lowest BCUT2D eigenvalue weighted by Gasteiger charge is -2.29. The van der Waals surface area contributed by atoms with Crippen molar-refractivity contribution < 1.29 is 13.5 Å². The average molecular weight is 472 g/mol. The maximum Gasteiger partial charge on any atom is 0.243 e. The van der Waals surface area contributed by atoms with E-state index < -0.39 is 10.0 Å². The van der Waals surface area contributed by atoms with E-state index in [4.69, 9.17) is 0 Å². The van der Waals surface area contributed by atoms with E-state index in [9.17, 15) is 13.5 Å². The number of phenols is 1. The Labute approximate surface area is 198 Å². The number of aromatic hydroxyl groups is 1. The highest BCUT2D eigenvalue weighted by Crippen LogP contribution is 2.42. The van der Waals surface area contributed by atoms with Crippen molar-refractivity contribution in [3.05, 3.63) is 47.5 Å². The Balaban J connectivity index is 1.88. The molecule has 1 N–H and O–H groups in total. The van der Waals surface area contributed by atoms with Crippen LogP contribution in [0, 0.1) is 5.92 Å². The van der Waals surface area contributed by atoms with E-state index in [1.165, 1.54) is 0 Å². The molecule has 1 saturated heterocycles. The molecule has 1 heterocycles. The number of hydrogen-bond acceptors (Lipinski definition) is 5. The number of sulfonamides is 1. The van der Waals surface area contributed by atoms with Crippen molar-refractivity contribution in [3.63, 3.8) is 0 Å². The summed E-state index contributed by atoms with van der Waals surface area (Å²) in [7, 11) is -3.50. The molecule has 33 heavy (non-hydrogen) atoms. The number of hydrogen-bond donors (Lipinski definition) is 1. The Morgan fingerprint density at radius 1 is 0.909 bits per heavy atom. The van der Waals surface area contributed by atoms with Crippen LogP contribution in [0.25, 0.3) is 0 Å². The third-order valence-electron chi connectivity index (χ3n) is 6.25. The number of phenolic OH excluding ortho intramolecular Hbond substituents is 1. The quantitative estimate of drug-likeness (QED) is 0.496. The maximum absolute atomic E-state index is 12.9. The number of piperidine rings is 1. The van der Waals surface area contributed by atoms with Crippen LogP contribution in [0.15, 0.2) is 51.5 Å². The second-order valence-corrected chi connectivity index (χ2v) is 13.1. The Morgan fingerprint density at radius 3 is 2.00 bits per heavy atom. The maximum atomic E-state index is 12.9. The predicted octanol–water partition coefficient (Wildman–Crippen LogP) is 6.82. The van der Waals surface area contributed by atoms with Gasteiger partial charge in [-0.1, -0.05) is 54.5 Å². The zero-order chi connectivity index (χ0) is 24.6. The first-order chi connectivity index (χ1) is 15.2. The summed E-state index contributed by atoms with van der Waals surface area (Å²) in [5, 5.41) is 19.5. The molecule has 1 fully saturated rings. The summed E-state index contributed by atoms with van der Waals surface area (Å²) in [6.45, 7) is 15.8. The van der Waals surface area contributed by atoms with Gasteiger partial charge in [0.25, 0.3) is 0 Å². The Hall–Kier alpha value is -2.25. The fourth-order valence-corrected chi connectivity index (χ4v) is 5.34. The monoisotopic (exact) mass is 471 g/mol. The van der Waals surface area contributed by atoms with Crippen LogP contribution in [0.4, 0.5) is 11.4 Å². The molecule has 3 rings (SSSR count). The van der Waals surface area contributed by atoms with Gasteiger partial charge in [-0.05, 0) is 65.5 Å². The largest absolute Gasteiger partial charge is 0.505 e. The Kier molecular flexibility index (Phi) is 7.06. The lowest BCUT2D eigenvalue weighted by Crippen LogP contribution is -2.37. The highest BCUT2D eigenvalue weighted by molar-refractivity contribution is 7.89. The topological polar surface area (TPSA) is 82.3 Å². The Bertz CT molecular complexity index is 1120. The van der Waals surface area contributed by atoms with Crippen LogP contribution in [0.3, 0.4) is 0 Å². The second kappa shape index (κ2) is 9.18. The normalized spacial score (nSPS) is 17.1. The van der Waals surface area contributed by atoms with Crippen LogP contribution in [-0.2, 0) is 20.9 Å². The van der Waals surface area contributed by atoms with Crippen LogP contribution in [0.1, 0.15) is 72.4 Å². The summed E-state index contributed by atoms with van der Waals surface area (Å²) in [4.78, 5) is 0.267. The SMILES string of the molecule is CC1CCN(S(=O)(=O)c2ccc(N=Nc3cc(C(C)(C)C)cc(C(C)(C)C)c3O)cc2)CC1. The van der Waals surface area contributed by atoms with Crippen LogP contribution in [-0.4, -0.2) is 30.9 Å². The first kappa shape index (κ1) is 25.4. The summed E-state index contributed by atoms with van der Waals surface area (Å²) < 4.78 is 27.4. The molecule has 0 aliphatic carbocycles. The molecular weight excluding hydrogens is 434 g/mol. The van der Waals surface area contributed by atoms with Gasteiger partial charge < -0.3 is 5.11 Å². The lowest BCUT2D eigenvalue weighted by atomic mass is 9.80. The van der Waals surface area contributed by atoms with E-state index in [0.717, 1.165) is 24.0 Å². The minimum atomic E-state index is -3.50. The summed E-state index contributed by atoms with van der Waals surface area (Å²) in [6, 6.07) is 10.4. The van der Waals surface area contributed by atoms with E-state index in [2.05, 4.69) is 58.7 Å². The van der Waals surface area contributed by atoms with Gasteiger partial charge in [0.1, 0.15) is 11.4 Å². The summed E-state index contributed by atoms with van der Waals surface area (Å²) in [6.07, 6.45) is 1.78. The molecule has 0 atom stereocenters. The van der Waals surface area contributed by atoms with Gasteiger partial charge in [-0.25, -0.2) is 8.42 Å². The van der Waals surface area contributed by atoms with Crippen LogP contribution in [0.5, 0.6) is 5.75 Å². The molecule has 0 radical (unpaired) electrons. The fraction of sp³-hybridized carbons (Fsp3) is 0.538. The predicted molar refractivity (Wildman–Crippen MR) is 133 cm³/mol. The first-order valence-electron chi connectivity index (χ1n) is 11.6. The van der Waals surface area contributed by atoms with Crippen LogP contribution in [0.2, 0.25) is 0 Å². The molecule has 1 aliphatic heterocycles. The van der Waals surface area contributed by atoms with E-state index in [-0.39, 0.29) is 21.5 Å². The molecule has 0 saturated carbocycles. The molecule has 2 aromatic rings. The van der Waals surface area contributed by atoms with Gasteiger partial charge in [-0.15, -0.1) is 5.11 Å². The third-order valence-corrected chi connectivity index (χ3v) is 8.17. The van der Waals surface area contributed by atoms with Gasteiger partial charge in [-0.2, -0.15) is 9.42 Å². The van der Waals surface area contributed by atoms with Crippen molar-refractivity contribution in [3.8, 4) is 5.75 Å². The van der Waals surface area contributed by atoms with Crippen molar-refractivity contribution in [1.82, 2.24) is 4.31 Å². The molecule has 180 valence electrons. The van der Waals surface area contributed by atoms with Gasteiger partial charge in [-0.3, -0.25) is 0 Å². The molecule has 1 aliphatic rings. The molecule has 0 unspecified atom stereocenters. The molecule has 0 aromatic heterocycles. The number of azo groups is 1. The third kappa shape index (κ3) is 5.82. The van der Waals surface area contributed by atoms with Gasteiger partial charge in [0.05, 0.1) is 10.6 Å². The Morgan fingerprint density at radius 2 is 1.48 bits per heavy atom. The smallest absolute Gasteiger partial charge is 0.243 e. The lowest BCUT2D eigenvalue weighted by molar-refractivity contribution is 0.288. The average Bonchev–Trinajstić information content (AvgIpc) is 2.72. The molecular formula is C26H37N3O3S. The zero-order valence-electron chi connectivity index (χ0n) is 20.9. The van der Waals surface area contributed by atoms with Crippen LogP contribution >= 0.6 is 0 Å². The standard InChI is InChI=1S/C26H37N3O3S/c1-18-12-14-29(15-13-18)33(31,32)21-10-8-20(9-11-21)27-28-23-17-19(25(2,3)4)16-22(24(23)30)26(5,6)7/h8-11,16-18,30H,12-15H2,1-7H3. The summed E-state index contributed by atoms with van der Waals surface area (Å²) in [5.41, 5.74) is 2.46. The van der Waals surface area contributed by atoms with Gasteiger partial charge in [0, 0.05) is 18.7 Å². The van der Waals surface area contributed by atoms with Crippen molar-refractivity contribution >= 4 is 21.4 Å². The first-order valence-corrected chi connectivity index (χ1v) is 13.0. The van der Waals surface area contributed by atoms with E-state index >= 15 is 0 Å². The summed E-state index contributed by atoms with van der Waals surface area (Å²) >= 11 is 0. The van der Waals surface area contributed by atoms with Crippen molar-refractivity contribution in [1.29, 1.82) is 0 Å². The highest BCUT2D eigenvalue weighted by atomic mass is 32.2. The molecule has 0 spiro atoms. The van der Waals surface area contributed by atoms with E-state index in [1.807, 2.05) is 12.1 Å². The molecule has 7 heteroatoms. The van der Waals surface area contributed by atoms with Gasteiger partial charge >= 0.3 is 0 Å². The molecule has 0 bridgehead atoms. The minimum Gasteiger partial charge on any atom is -0.505 e. The van der Waals surface area contributed by atoms with Crippen LogP contribution < -0.4 is 0 Å². The fourth-order valence-electron chi connectivity index (χ4n) is 3.87. The number of benzene rings is 2. The van der Waals surface area contributed by atoms with Crippen molar-refractivity contribution in [2.45, 2.75) is 77.0 Å². The second-order valence-electron chi connectivity index (χ2n) is 11.2. The molecule has 6 nitrogen and oxygen atoms in total. The number of nitrogens with zero attached hydrogens (tertiary/aromatic N) is 3. The van der Waals surface area contributed by atoms with Gasteiger partial charge in [0.2, 0.25) is 10.0 Å². The molecule has 0 amide bonds. The summed E-state index contributed by atoms with van der Waals surface area (Å²) in [5.74, 6) is 0.684. The minimum absolute atomic E-state index is 0.111. The van der Waals surface area contributed by atoms with E-state index in [1.54, 1.807) is 28.6 Å². The van der Waals surface area contributed by atoms with E-state index in [0.29, 0.717) is 30.4 Å². The van der Waals surface area contributed by atoms with Crippen molar-refractivity contribution in [2.24, 2.45) is 16.1 Å². The zero-order valence-corrected chi connectivity index (χ0v) is 21.7.